The Hall–Kier alpha value is -2.32. The van der Waals surface area contributed by atoms with E-state index >= 15 is 0 Å². The molecule has 0 aliphatic heterocycles. The van der Waals surface area contributed by atoms with Crippen LogP contribution in [-0.4, -0.2) is 73.4 Å². The summed E-state index contributed by atoms with van der Waals surface area (Å²) in [4.78, 5) is 23.2. The fourth-order valence-electron chi connectivity index (χ4n) is 6.85. The van der Waals surface area contributed by atoms with Gasteiger partial charge in [-0.05, 0) is 77.0 Å². The van der Waals surface area contributed by atoms with Crippen LogP contribution in [0.3, 0.4) is 0 Å². The van der Waals surface area contributed by atoms with E-state index in [4.69, 9.17) is 9.05 Å². The maximum absolute atomic E-state index is 12.9. The summed E-state index contributed by atoms with van der Waals surface area (Å²) in [5, 5.41) is 13.8. The molecular weight excluding hydrogens is 804 g/mol. The first-order valence-electron chi connectivity index (χ1n) is 25.5. The molecule has 364 valence electrons. The first kappa shape index (κ1) is 60.7. The van der Waals surface area contributed by atoms with Gasteiger partial charge in [-0.3, -0.25) is 13.8 Å². The lowest BCUT2D eigenvalue weighted by atomic mass is 10.0. The van der Waals surface area contributed by atoms with Crippen molar-refractivity contribution in [2.75, 3.05) is 40.9 Å². The van der Waals surface area contributed by atoms with Crippen LogP contribution in [0.25, 0.3) is 0 Å². The van der Waals surface area contributed by atoms with Gasteiger partial charge in [-0.15, -0.1) is 0 Å². The van der Waals surface area contributed by atoms with Crippen LogP contribution in [0.5, 0.6) is 0 Å². The van der Waals surface area contributed by atoms with Gasteiger partial charge < -0.3 is 19.8 Å². The topological polar surface area (TPSA) is 105 Å². The van der Waals surface area contributed by atoms with Crippen LogP contribution in [-0.2, 0) is 18.4 Å². The zero-order valence-electron chi connectivity index (χ0n) is 41.3. The van der Waals surface area contributed by atoms with Crippen LogP contribution < -0.4 is 5.32 Å². The molecule has 0 saturated heterocycles. The highest BCUT2D eigenvalue weighted by Crippen LogP contribution is 2.43. The molecule has 3 unspecified atom stereocenters. The molecule has 0 bridgehead atoms. The van der Waals surface area contributed by atoms with Gasteiger partial charge in [-0.1, -0.05) is 202 Å². The van der Waals surface area contributed by atoms with Crippen molar-refractivity contribution in [2.24, 2.45) is 0 Å². The monoisotopic (exact) mass is 902 g/mol. The summed E-state index contributed by atoms with van der Waals surface area (Å²) in [7, 11) is 1.54. The van der Waals surface area contributed by atoms with Crippen LogP contribution in [0.1, 0.15) is 200 Å². The maximum atomic E-state index is 12.9. The molecular formula is C54H98N2O6P+. The Morgan fingerprint density at radius 1 is 0.556 bits per heavy atom. The maximum Gasteiger partial charge on any atom is 0.472 e. The van der Waals surface area contributed by atoms with Gasteiger partial charge in [-0.25, -0.2) is 4.57 Å². The van der Waals surface area contributed by atoms with Gasteiger partial charge in [0.15, 0.2) is 0 Å². The third-order valence-corrected chi connectivity index (χ3v) is 11.8. The molecule has 0 spiro atoms. The van der Waals surface area contributed by atoms with Crippen molar-refractivity contribution in [1.29, 1.82) is 0 Å². The molecule has 0 aromatic rings. The summed E-state index contributed by atoms with van der Waals surface area (Å²) < 4.78 is 23.6. The van der Waals surface area contributed by atoms with Crippen molar-refractivity contribution in [3.63, 3.8) is 0 Å². The minimum absolute atomic E-state index is 0.0526. The molecule has 63 heavy (non-hydrogen) atoms. The van der Waals surface area contributed by atoms with Crippen molar-refractivity contribution in [1.82, 2.24) is 5.32 Å². The molecule has 0 radical (unpaired) electrons. The van der Waals surface area contributed by atoms with Gasteiger partial charge in [0.05, 0.1) is 39.9 Å². The molecule has 3 atom stereocenters. The number of nitrogens with one attached hydrogen (secondary N) is 1. The van der Waals surface area contributed by atoms with Gasteiger partial charge in [-0.2, -0.15) is 0 Å². The van der Waals surface area contributed by atoms with Crippen molar-refractivity contribution < 1.29 is 32.9 Å². The highest BCUT2D eigenvalue weighted by Gasteiger charge is 2.27. The summed E-state index contributed by atoms with van der Waals surface area (Å²) in [6, 6.07) is -0.867. The summed E-state index contributed by atoms with van der Waals surface area (Å²) in [6.45, 7) is 4.65. The number of carbonyl (C=O) groups excluding carboxylic acids is 1. The number of hydrogen-bond donors (Lipinski definition) is 3. The van der Waals surface area contributed by atoms with E-state index < -0.39 is 20.0 Å². The Morgan fingerprint density at radius 3 is 1.46 bits per heavy atom. The molecule has 0 fully saturated rings. The Labute approximate surface area is 388 Å². The average molecular weight is 902 g/mol. The summed E-state index contributed by atoms with van der Waals surface area (Å²) in [5.74, 6) is -0.193. The molecule has 0 aromatic heterocycles. The van der Waals surface area contributed by atoms with Gasteiger partial charge >= 0.3 is 7.82 Å². The quantitative estimate of drug-likeness (QED) is 0.0243. The van der Waals surface area contributed by atoms with Crippen molar-refractivity contribution in [3.8, 4) is 0 Å². The minimum Gasteiger partial charge on any atom is -0.387 e. The highest BCUT2D eigenvalue weighted by atomic mass is 31.2. The first-order valence-corrected chi connectivity index (χ1v) is 27.0. The highest BCUT2D eigenvalue weighted by molar-refractivity contribution is 7.47. The predicted molar refractivity (Wildman–Crippen MR) is 272 cm³/mol. The van der Waals surface area contributed by atoms with Gasteiger partial charge in [0.1, 0.15) is 13.2 Å². The largest absolute Gasteiger partial charge is 0.472 e. The van der Waals surface area contributed by atoms with Crippen LogP contribution in [0.15, 0.2) is 85.1 Å². The lowest BCUT2D eigenvalue weighted by Gasteiger charge is -2.25. The van der Waals surface area contributed by atoms with E-state index in [1.54, 1.807) is 6.08 Å². The van der Waals surface area contributed by atoms with Gasteiger partial charge in [0, 0.05) is 6.42 Å². The number of phosphoric acid groups is 1. The number of carbonyl (C=O) groups is 1. The molecule has 0 saturated carbocycles. The molecule has 1 amide bonds. The van der Waals surface area contributed by atoms with E-state index in [1.165, 1.54) is 109 Å². The van der Waals surface area contributed by atoms with E-state index in [-0.39, 0.29) is 19.1 Å². The van der Waals surface area contributed by atoms with Crippen molar-refractivity contribution >= 4 is 13.7 Å². The van der Waals surface area contributed by atoms with Crippen LogP contribution in [0, 0.1) is 0 Å². The van der Waals surface area contributed by atoms with Gasteiger partial charge in [0.2, 0.25) is 5.91 Å². The number of unbranched alkanes of at least 4 members (excludes halogenated alkanes) is 20. The van der Waals surface area contributed by atoms with Crippen LogP contribution in [0.4, 0.5) is 0 Å². The summed E-state index contributed by atoms with van der Waals surface area (Å²) in [5.41, 5.74) is 0. The molecule has 9 heteroatoms. The molecule has 8 nitrogen and oxygen atoms in total. The second kappa shape index (κ2) is 44.9. The third kappa shape index (κ3) is 47.5. The number of aliphatic hydroxyl groups is 1. The number of quaternary nitrogens is 1. The Balaban J connectivity index is 4.18. The second-order valence-electron chi connectivity index (χ2n) is 18.2. The van der Waals surface area contributed by atoms with Gasteiger partial charge in [0.25, 0.3) is 0 Å². The molecule has 0 aromatic carbocycles. The van der Waals surface area contributed by atoms with Crippen LogP contribution >= 0.6 is 7.82 Å². The Bertz CT molecular complexity index is 1300. The fourth-order valence-corrected chi connectivity index (χ4v) is 7.58. The normalized spacial score (nSPS) is 14.8. The van der Waals surface area contributed by atoms with E-state index in [9.17, 15) is 19.4 Å². The number of allylic oxidation sites excluding steroid dienone is 13. The fraction of sp³-hybridized carbons (Fsp3) is 0.722. The Morgan fingerprint density at radius 2 is 0.968 bits per heavy atom. The number of rotatable bonds is 45. The minimum atomic E-state index is -4.35. The number of likely N-dealkylation sites (N-methyl/N-ethyl adjacent to an activating group) is 1. The number of aliphatic hydroxyl groups excluding tert-OH is 1. The molecule has 3 N–H and O–H groups in total. The van der Waals surface area contributed by atoms with Crippen LogP contribution in [0.2, 0.25) is 0 Å². The van der Waals surface area contributed by atoms with E-state index in [0.29, 0.717) is 17.4 Å². The number of amides is 1. The third-order valence-electron chi connectivity index (χ3n) is 10.8. The molecule has 0 heterocycles. The number of hydrogen-bond acceptors (Lipinski definition) is 5. The zero-order chi connectivity index (χ0) is 46.4. The summed E-state index contributed by atoms with van der Waals surface area (Å²) in [6.07, 6.45) is 62.5. The standard InChI is InChI=1S/C54H97N2O6P/c1-6-8-10-12-14-16-18-20-21-22-23-24-25-26-27-28-29-30-31-32-33-34-35-36-38-40-42-44-46-48-54(58)55-52(51-62-63(59,60)61-50-49-56(3,4)5)53(57)47-45-43-41-39-37-19-17-15-13-11-9-7-2/h8,10,14,16,20-21,23-24,26-27,37,39,45,47,52-53,57H,6-7,9,11-13,15,17-19,22,25,28-36,38,40-44,46,48-51H2,1-5H3,(H-,55,58,59,60)/p+1/b10-8-,16-14-,21-20-,24-23-,27-26-,39-37+,47-45+. The lowest BCUT2D eigenvalue weighted by molar-refractivity contribution is -0.870. The SMILES string of the molecule is CC/C=C\C/C=C\C/C=C\C/C=C\C/C=C\CCCCCCCCCCCCCCCC(=O)NC(COP(=O)(O)OCC[N+](C)(C)C)C(O)/C=C/CC/C=C/CCCCCCCC. The molecule has 0 aliphatic carbocycles. The van der Waals surface area contributed by atoms with Crippen molar-refractivity contribution in [2.45, 2.75) is 212 Å². The van der Waals surface area contributed by atoms with E-state index in [0.717, 1.165) is 70.6 Å². The van der Waals surface area contributed by atoms with Crippen molar-refractivity contribution in [3.05, 3.63) is 85.1 Å². The lowest BCUT2D eigenvalue weighted by Crippen LogP contribution is -2.45. The average Bonchev–Trinajstić information content (AvgIpc) is 3.24. The smallest absolute Gasteiger partial charge is 0.387 e. The zero-order valence-corrected chi connectivity index (χ0v) is 42.2. The predicted octanol–water partition coefficient (Wildman–Crippen LogP) is 14.9. The summed E-state index contributed by atoms with van der Waals surface area (Å²) >= 11 is 0. The number of nitrogens with zero attached hydrogens (tertiary/aromatic N) is 1. The molecule has 0 rings (SSSR count). The molecule has 0 aliphatic rings. The first-order chi connectivity index (χ1) is 30.5. The number of phosphoric ester groups is 1. The second-order valence-corrected chi connectivity index (χ2v) is 19.6. The Kier molecular flexibility index (Phi) is 43.2. The van der Waals surface area contributed by atoms with E-state index in [1.807, 2.05) is 27.2 Å². The van der Waals surface area contributed by atoms with E-state index in [2.05, 4.69) is 92.1 Å².